The fraction of sp³-hybridized carbons (Fsp3) is 0.417. The van der Waals surface area contributed by atoms with Gasteiger partial charge in [-0.05, 0) is 31.0 Å². The maximum atomic E-state index is 10.8. The third kappa shape index (κ3) is 4.46. The van der Waals surface area contributed by atoms with E-state index in [1.54, 1.807) is 18.2 Å². The number of carboxylic acid groups (broad SMARTS) is 1. The number of carbonyl (C=O) groups is 1. The average molecular weight is 302 g/mol. The first-order chi connectivity index (χ1) is 8.04. The van der Waals surface area contributed by atoms with Crippen molar-refractivity contribution in [1.29, 1.82) is 0 Å². The molecular weight excluding hydrogens is 286 g/mol. The van der Waals surface area contributed by atoms with Gasteiger partial charge in [-0.1, -0.05) is 22.0 Å². The molecule has 0 saturated carbocycles. The van der Waals surface area contributed by atoms with Gasteiger partial charge >= 0.3 is 5.97 Å². The molecule has 0 bridgehead atoms. The lowest BCUT2D eigenvalue weighted by molar-refractivity contribution is 0.0697. The Bertz CT molecular complexity index is 395. The molecule has 0 radical (unpaired) electrons. The molecule has 1 atom stereocenters. The number of hydrogen-bond acceptors (Lipinski definition) is 3. The van der Waals surface area contributed by atoms with Crippen molar-refractivity contribution in [2.45, 2.75) is 25.9 Å². The van der Waals surface area contributed by atoms with Gasteiger partial charge in [0.25, 0.3) is 0 Å². The molecule has 1 aromatic carbocycles. The van der Waals surface area contributed by atoms with Crippen molar-refractivity contribution in [1.82, 2.24) is 5.32 Å². The number of hydrogen-bond donors (Lipinski definition) is 3. The summed E-state index contributed by atoms with van der Waals surface area (Å²) >= 11 is 3.35. The minimum Gasteiger partial charge on any atom is -0.478 e. The summed E-state index contributed by atoms with van der Waals surface area (Å²) in [7, 11) is 0. The zero-order valence-corrected chi connectivity index (χ0v) is 11.2. The fourth-order valence-electron chi connectivity index (χ4n) is 1.40. The van der Waals surface area contributed by atoms with Gasteiger partial charge in [0, 0.05) is 23.7 Å². The minimum atomic E-state index is -0.932. The van der Waals surface area contributed by atoms with Crippen LogP contribution in [0.2, 0.25) is 0 Å². The van der Waals surface area contributed by atoms with E-state index < -0.39 is 5.97 Å². The molecule has 17 heavy (non-hydrogen) atoms. The molecule has 0 aliphatic heterocycles. The Labute approximate surface area is 109 Å². The zero-order valence-electron chi connectivity index (χ0n) is 9.61. The van der Waals surface area contributed by atoms with Gasteiger partial charge in [0.15, 0.2) is 0 Å². The van der Waals surface area contributed by atoms with Gasteiger partial charge in [0.05, 0.1) is 5.56 Å². The van der Waals surface area contributed by atoms with Crippen LogP contribution in [-0.2, 0) is 6.54 Å². The predicted octanol–water partition coefficient (Wildman–Crippen LogP) is 2.01. The summed E-state index contributed by atoms with van der Waals surface area (Å²) in [6, 6.07) is 5.19. The van der Waals surface area contributed by atoms with Crippen LogP contribution >= 0.6 is 15.9 Å². The summed E-state index contributed by atoms with van der Waals surface area (Å²) in [6.07, 6.45) is 0.699. The lowest BCUT2D eigenvalue weighted by Crippen LogP contribution is -2.26. The molecule has 0 heterocycles. The molecule has 1 rings (SSSR count). The molecule has 0 saturated heterocycles. The quantitative estimate of drug-likeness (QED) is 0.752. The number of carboxylic acids is 1. The van der Waals surface area contributed by atoms with Crippen molar-refractivity contribution in [2.75, 3.05) is 6.61 Å². The van der Waals surface area contributed by atoms with E-state index in [9.17, 15) is 4.79 Å². The van der Waals surface area contributed by atoms with Crippen molar-refractivity contribution in [3.8, 4) is 0 Å². The Morgan fingerprint density at radius 3 is 2.76 bits per heavy atom. The maximum Gasteiger partial charge on any atom is 0.335 e. The molecule has 0 spiro atoms. The van der Waals surface area contributed by atoms with Gasteiger partial charge in [-0.2, -0.15) is 0 Å². The van der Waals surface area contributed by atoms with Crippen LogP contribution in [0.5, 0.6) is 0 Å². The SMILES string of the molecule is CC(CCO)NCc1ccc(C(=O)O)cc1Br. The summed E-state index contributed by atoms with van der Waals surface area (Å²) < 4.78 is 0.779. The molecule has 1 aromatic rings. The van der Waals surface area contributed by atoms with Crippen molar-refractivity contribution < 1.29 is 15.0 Å². The van der Waals surface area contributed by atoms with Gasteiger partial charge in [0.1, 0.15) is 0 Å². The summed E-state index contributed by atoms with van der Waals surface area (Å²) in [5.74, 6) is -0.932. The summed E-state index contributed by atoms with van der Waals surface area (Å²) in [4.78, 5) is 10.8. The Balaban J connectivity index is 2.63. The second-order valence-electron chi connectivity index (χ2n) is 3.91. The average Bonchev–Trinajstić information content (AvgIpc) is 2.27. The van der Waals surface area contributed by atoms with Crippen molar-refractivity contribution in [2.24, 2.45) is 0 Å². The molecule has 0 aromatic heterocycles. The van der Waals surface area contributed by atoms with Crippen LogP contribution in [0.15, 0.2) is 22.7 Å². The molecule has 3 N–H and O–H groups in total. The molecule has 4 nitrogen and oxygen atoms in total. The van der Waals surface area contributed by atoms with E-state index in [4.69, 9.17) is 10.2 Å². The first-order valence-electron chi connectivity index (χ1n) is 5.40. The van der Waals surface area contributed by atoms with Crippen LogP contribution in [-0.4, -0.2) is 28.8 Å². The first-order valence-corrected chi connectivity index (χ1v) is 6.20. The summed E-state index contributed by atoms with van der Waals surface area (Å²) in [6.45, 7) is 2.80. The van der Waals surface area contributed by atoms with E-state index in [0.717, 1.165) is 10.0 Å². The van der Waals surface area contributed by atoms with Crippen LogP contribution in [0.25, 0.3) is 0 Å². The molecule has 1 unspecified atom stereocenters. The van der Waals surface area contributed by atoms with Crippen molar-refractivity contribution in [3.05, 3.63) is 33.8 Å². The zero-order chi connectivity index (χ0) is 12.8. The number of halogens is 1. The van der Waals surface area contributed by atoms with Crippen LogP contribution in [0.1, 0.15) is 29.3 Å². The van der Waals surface area contributed by atoms with Gasteiger partial charge in [-0.25, -0.2) is 4.79 Å². The molecule has 0 aliphatic rings. The molecular formula is C12H16BrNO3. The number of nitrogens with one attached hydrogen (secondary N) is 1. The minimum absolute atomic E-state index is 0.160. The lowest BCUT2D eigenvalue weighted by Gasteiger charge is -2.13. The number of aliphatic hydroxyl groups is 1. The highest BCUT2D eigenvalue weighted by Crippen LogP contribution is 2.18. The van der Waals surface area contributed by atoms with E-state index in [2.05, 4.69) is 21.2 Å². The van der Waals surface area contributed by atoms with Gasteiger partial charge in [-0.3, -0.25) is 0 Å². The number of rotatable bonds is 6. The van der Waals surface area contributed by atoms with Gasteiger partial charge in [-0.15, -0.1) is 0 Å². The van der Waals surface area contributed by atoms with E-state index in [0.29, 0.717) is 13.0 Å². The standard InChI is InChI=1S/C12H16BrNO3/c1-8(4-5-15)14-7-10-3-2-9(12(16)17)6-11(10)13/h2-3,6,8,14-15H,4-5,7H2,1H3,(H,16,17). The molecule has 94 valence electrons. The molecule has 0 aliphatic carbocycles. The topological polar surface area (TPSA) is 69.6 Å². The smallest absolute Gasteiger partial charge is 0.335 e. The van der Waals surface area contributed by atoms with Crippen LogP contribution < -0.4 is 5.32 Å². The van der Waals surface area contributed by atoms with Crippen molar-refractivity contribution in [3.63, 3.8) is 0 Å². The van der Waals surface area contributed by atoms with Gasteiger partial charge in [0.2, 0.25) is 0 Å². The number of aliphatic hydroxyl groups excluding tert-OH is 1. The third-order valence-electron chi connectivity index (χ3n) is 2.50. The van der Waals surface area contributed by atoms with Crippen LogP contribution in [0.4, 0.5) is 0 Å². The van der Waals surface area contributed by atoms with Crippen molar-refractivity contribution >= 4 is 21.9 Å². The Morgan fingerprint density at radius 2 is 2.24 bits per heavy atom. The van der Waals surface area contributed by atoms with Crippen LogP contribution in [0, 0.1) is 0 Å². The molecule has 0 fully saturated rings. The molecule has 5 heteroatoms. The Morgan fingerprint density at radius 1 is 1.53 bits per heavy atom. The third-order valence-corrected chi connectivity index (χ3v) is 3.24. The Kier molecular flexibility index (Phi) is 5.61. The highest BCUT2D eigenvalue weighted by molar-refractivity contribution is 9.10. The second kappa shape index (κ2) is 6.74. The largest absolute Gasteiger partial charge is 0.478 e. The van der Waals surface area contributed by atoms with E-state index in [1.165, 1.54) is 0 Å². The second-order valence-corrected chi connectivity index (χ2v) is 4.76. The first kappa shape index (κ1) is 14.2. The Hall–Kier alpha value is -0.910. The van der Waals surface area contributed by atoms with E-state index in [-0.39, 0.29) is 18.2 Å². The number of aromatic carboxylic acids is 1. The van der Waals surface area contributed by atoms with Gasteiger partial charge < -0.3 is 15.5 Å². The summed E-state index contributed by atoms with van der Waals surface area (Å²) in [5, 5.41) is 20.8. The monoisotopic (exact) mass is 301 g/mol. The van der Waals surface area contributed by atoms with E-state index in [1.807, 2.05) is 6.92 Å². The van der Waals surface area contributed by atoms with Crippen LogP contribution in [0.3, 0.4) is 0 Å². The summed E-state index contributed by atoms with van der Waals surface area (Å²) in [5.41, 5.74) is 1.27. The predicted molar refractivity (Wildman–Crippen MR) is 69.1 cm³/mol. The fourth-order valence-corrected chi connectivity index (χ4v) is 1.92. The molecule has 0 amide bonds. The highest BCUT2D eigenvalue weighted by Gasteiger charge is 2.07. The highest BCUT2D eigenvalue weighted by atomic mass is 79.9. The lowest BCUT2D eigenvalue weighted by atomic mass is 10.1. The number of benzene rings is 1. The maximum absolute atomic E-state index is 10.8. The van der Waals surface area contributed by atoms with E-state index >= 15 is 0 Å². The normalized spacial score (nSPS) is 12.4.